The zero-order valence-corrected chi connectivity index (χ0v) is 11.7. The lowest BCUT2D eigenvalue weighted by atomic mass is 10.1. The second-order valence-electron chi connectivity index (χ2n) is 5.29. The molecule has 4 rings (SSSR count). The third-order valence-electron chi connectivity index (χ3n) is 4.12. The maximum absolute atomic E-state index is 3.82. The van der Waals surface area contributed by atoms with Crippen LogP contribution >= 0.6 is 0 Å². The largest absolute Gasteiger partial charge is 0.237 e. The van der Waals surface area contributed by atoms with Gasteiger partial charge >= 0.3 is 0 Å². The minimum Gasteiger partial charge on any atom is -0.237 e. The van der Waals surface area contributed by atoms with Gasteiger partial charge in [-0.15, -0.1) is 0 Å². The van der Waals surface area contributed by atoms with Gasteiger partial charge in [-0.1, -0.05) is 36.9 Å². The van der Waals surface area contributed by atoms with E-state index >= 15 is 0 Å². The van der Waals surface area contributed by atoms with Gasteiger partial charge in [-0.25, -0.2) is 4.90 Å². The maximum atomic E-state index is 3.82. The fourth-order valence-corrected chi connectivity index (χ4v) is 3.11. The summed E-state index contributed by atoms with van der Waals surface area (Å²) in [6, 6.07) is 25.9. The first-order chi connectivity index (χ1) is 10.4. The number of hydrogen-bond acceptors (Lipinski definition) is 0. The molecule has 0 atom stereocenters. The second kappa shape index (κ2) is 4.72. The lowest BCUT2D eigenvalue weighted by Gasteiger charge is -2.14. The van der Waals surface area contributed by atoms with Crippen LogP contribution in [0.25, 0.3) is 17.2 Å². The van der Waals surface area contributed by atoms with E-state index in [0.717, 1.165) is 5.56 Å². The van der Waals surface area contributed by atoms with Crippen molar-refractivity contribution >= 4 is 23.1 Å². The molecule has 1 aliphatic rings. The molecule has 0 spiro atoms. The molecule has 0 bridgehead atoms. The van der Waals surface area contributed by atoms with Gasteiger partial charge in [-0.2, -0.15) is 0 Å². The molecule has 0 amide bonds. The number of fused-ring (bicyclic) bond motifs is 3. The van der Waals surface area contributed by atoms with E-state index in [0.29, 0.717) is 0 Å². The molecule has 1 heterocycles. The average molecular weight is 270 g/mol. The highest BCUT2D eigenvalue weighted by molar-refractivity contribution is 5.86. The van der Waals surface area contributed by atoms with Gasteiger partial charge in [-0.3, -0.25) is 0 Å². The summed E-state index contributed by atoms with van der Waals surface area (Å²) < 4.78 is 0. The number of para-hydroxylation sites is 2. The van der Waals surface area contributed by atoms with E-state index in [4.69, 9.17) is 0 Å². The summed E-state index contributed by atoms with van der Waals surface area (Å²) >= 11 is 0. The van der Waals surface area contributed by atoms with E-state index in [2.05, 4.69) is 79.4 Å². The SMILES string of the molecule is C=Cc1ccc([NH+]2c3ccccc3-c3ccccc32)cc1. The predicted molar refractivity (Wildman–Crippen MR) is 88.4 cm³/mol. The van der Waals surface area contributed by atoms with Crippen molar-refractivity contribution in [2.45, 2.75) is 0 Å². The molecule has 1 heteroatoms. The molecule has 1 N–H and O–H groups in total. The Labute approximate surface area is 124 Å². The van der Waals surface area contributed by atoms with E-state index in [1.807, 2.05) is 6.08 Å². The van der Waals surface area contributed by atoms with Crippen LogP contribution in [0.4, 0.5) is 17.1 Å². The smallest absolute Gasteiger partial charge is 0.149 e. The third kappa shape index (κ3) is 1.83. The minimum absolute atomic E-state index is 1.15. The van der Waals surface area contributed by atoms with Crippen LogP contribution in [0.5, 0.6) is 0 Å². The maximum Gasteiger partial charge on any atom is 0.149 e. The molecule has 0 saturated heterocycles. The fraction of sp³-hybridized carbons (Fsp3) is 0. The molecule has 0 radical (unpaired) electrons. The monoisotopic (exact) mass is 270 g/mol. The van der Waals surface area contributed by atoms with Crippen LogP contribution in [0, 0.1) is 0 Å². The highest BCUT2D eigenvalue weighted by atomic mass is 15.2. The molecule has 0 aromatic heterocycles. The van der Waals surface area contributed by atoms with Gasteiger partial charge in [0.15, 0.2) is 0 Å². The Bertz CT molecular complexity index is 770. The summed E-state index contributed by atoms with van der Waals surface area (Å²) in [4.78, 5) is 1.33. The fourth-order valence-electron chi connectivity index (χ4n) is 3.11. The first-order valence-corrected chi connectivity index (χ1v) is 7.17. The lowest BCUT2D eigenvalue weighted by molar-refractivity contribution is -0.677. The van der Waals surface area contributed by atoms with Gasteiger partial charge in [0.05, 0.1) is 0 Å². The average Bonchev–Trinajstić information content (AvgIpc) is 2.90. The van der Waals surface area contributed by atoms with Crippen LogP contribution in [-0.2, 0) is 0 Å². The Hall–Kier alpha value is -2.64. The van der Waals surface area contributed by atoms with E-state index in [1.54, 1.807) is 0 Å². The van der Waals surface area contributed by atoms with Gasteiger partial charge in [0, 0.05) is 35.4 Å². The van der Waals surface area contributed by atoms with Crippen molar-refractivity contribution in [1.29, 1.82) is 0 Å². The van der Waals surface area contributed by atoms with E-state index in [1.165, 1.54) is 33.1 Å². The van der Waals surface area contributed by atoms with Crippen molar-refractivity contribution in [3.63, 3.8) is 0 Å². The molecule has 0 unspecified atom stereocenters. The van der Waals surface area contributed by atoms with Crippen molar-refractivity contribution in [1.82, 2.24) is 0 Å². The molecule has 3 aromatic rings. The summed E-state index contributed by atoms with van der Waals surface area (Å²) in [7, 11) is 0. The van der Waals surface area contributed by atoms with Crippen molar-refractivity contribution in [3.8, 4) is 11.1 Å². The molecule has 0 fully saturated rings. The molecule has 0 saturated carbocycles. The van der Waals surface area contributed by atoms with Crippen LogP contribution in [-0.4, -0.2) is 0 Å². The zero-order valence-electron chi connectivity index (χ0n) is 11.7. The standard InChI is InChI=1S/C20H15N/c1-2-15-11-13-16(14-12-15)21-19-9-5-3-7-17(19)18-8-4-6-10-20(18)21/h2-14H,1H2/p+1. The second-order valence-corrected chi connectivity index (χ2v) is 5.29. The number of rotatable bonds is 2. The normalized spacial score (nSPS) is 12.8. The van der Waals surface area contributed by atoms with Crippen LogP contribution in [0.1, 0.15) is 5.56 Å². The molecule has 21 heavy (non-hydrogen) atoms. The van der Waals surface area contributed by atoms with Gasteiger partial charge in [-0.05, 0) is 29.8 Å². The zero-order chi connectivity index (χ0) is 14.2. The lowest BCUT2D eigenvalue weighted by Crippen LogP contribution is -2.95. The summed E-state index contributed by atoms with van der Waals surface area (Å²) in [5, 5.41) is 0. The number of quaternary nitrogens is 1. The van der Waals surface area contributed by atoms with Crippen molar-refractivity contribution in [3.05, 3.63) is 84.9 Å². The molecule has 1 aliphatic heterocycles. The van der Waals surface area contributed by atoms with Crippen molar-refractivity contribution in [2.75, 3.05) is 0 Å². The quantitative estimate of drug-likeness (QED) is 0.547. The molecule has 3 aromatic carbocycles. The van der Waals surface area contributed by atoms with Gasteiger partial charge in [0.25, 0.3) is 0 Å². The van der Waals surface area contributed by atoms with Crippen LogP contribution in [0.3, 0.4) is 0 Å². The molecule has 1 nitrogen and oxygen atoms in total. The summed E-state index contributed by atoms with van der Waals surface area (Å²) in [5.74, 6) is 0. The van der Waals surface area contributed by atoms with E-state index in [-0.39, 0.29) is 0 Å². The van der Waals surface area contributed by atoms with Gasteiger partial charge < -0.3 is 0 Å². The van der Waals surface area contributed by atoms with Crippen LogP contribution in [0.2, 0.25) is 0 Å². The van der Waals surface area contributed by atoms with Crippen molar-refractivity contribution in [2.24, 2.45) is 0 Å². The Morgan fingerprint density at radius 2 is 1.19 bits per heavy atom. The van der Waals surface area contributed by atoms with Crippen LogP contribution < -0.4 is 4.90 Å². The van der Waals surface area contributed by atoms with Crippen molar-refractivity contribution < 1.29 is 4.90 Å². The van der Waals surface area contributed by atoms with Crippen LogP contribution in [0.15, 0.2) is 79.4 Å². The minimum atomic E-state index is 1.15. The molecular formula is C20H16N+. The summed E-state index contributed by atoms with van der Waals surface area (Å²) in [6.45, 7) is 3.82. The molecule has 0 aliphatic carbocycles. The Morgan fingerprint density at radius 3 is 1.71 bits per heavy atom. The topological polar surface area (TPSA) is 4.44 Å². The highest BCUT2D eigenvalue weighted by Gasteiger charge is 2.32. The number of benzene rings is 3. The van der Waals surface area contributed by atoms with Gasteiger partial charge in [0.2, 0.25) is 0 Å². The highest BCUT2D eigenvalue weighted by Crippen LogP contribution is 2.38. The molecule has 100 valence electrons. The van der Waals surface area contributed by atoms with E-state index < -0.39 is 0 Å². The Kier molecular flexibility index (Phi) is 2.73. The summed E-state index contributed by atoms with van der Waals surface area (Å²) in [5.41, 5.74) is 7.72. The first-order valence-electron chi connectivity index (χ1n) is 7.17. The third-order valence-corrected chi connectivity index (χ3v) is 4.12. The number of nitrogens with one attached hydrogen (secondary N) is 1. The Morgan fingerprint density at radius 1 is 0.667 bits per heavy atom. The van der Waals surface area contributed by atoms with Gasteiger partial charge in [0.1, 0.15) is 17.1 Å². The number of hydrogen-bond donors (Lipinski definition) is 1. The molecular weight excluding hydrogens is 254 g/mol. The first kappa shape index (κ1) is 12.1. The van der Waals surface area contributed by atoms with E-state index in [9.17, 15) is 0 Å². The predicted octanol–water partition coefficient (Wildman–Crippen LogP) is 4.49. The summed E-state index contributed by atoms with van der Waals surface area (Å²) in [6.07, 6.45) is 1.88. The Balaban J connectivity index is 1.93.